The Hall–Kier alpha value is -3.24. The van der Waals surface area contributed by atoms with E-state index in [1.165, 1.54) is 6.07 Å². The van der Waals surface area contributed by atoms with E-state index in [0.29, 0.717) is 23.5 Å². The lowest BCUT2D eigenvalue weighted by atomic mass is 10.0. The number of anilines is 3. The Kier molecular flexibility index (Phi) is 4.83. The van der Waals surface area contributed by atoms with Gasteiger partial charge in [-0.1, -0.05) is 6.92 Å². The molecule has 2 aliphatic rings. The van der Waals surface area contributed by atoms with Crippen LogP contribution in [0.15, 0.2) is 24.4 Å². The van der Waals surface area contributed by atoms with Crippen molar-refractivity contribution in [1.82, 2.24) is 9.78 Å². The summed E-state index contributed by atoms with van der Waals surface area (Å²) in [6.45, 7) is 3.39. The van der Waals surface area contributed by atoms with Crippen LogP contribution in [0.4, 0.5) is 30.4 Å². The number of hydrogen-bond acceptors (Lipinski definition) is 5. The lowest BCUT2D eigenvalue weighted by Gasteiger charge is -2.33. The quantitative estimate of drug-likeness (QED) is 0.702. The molecule has 4 rings (SSSR count). The van der Waals surface area contributed by atoms with Gasteiger partial charge in [-0.15, -0.1) is 0 Å². The molecule has 8 nitrogen and oxygen atoms in total. The van der Waals surface area contributed by atoms with E-state index in [4.69, 9.17) is 4.74 Å². The van der Waals surface area contributed by atoms with Crippen molar-refractivity contribution in [3.05, 3.63) is 30.0 Å². The second-order valence-corrected chi connectivity index (χ2v) is 7.31. The molecule has 11 heteroatoms. The molecule has 0 aliphatic carbocycles. The van der Waals surface area contributed by atoms with Crippen LogP contribution in [0.5, 0.6) is 5.75 Å². The summed E-state index contributed by atoms with van der Waals surface area (Å²) in [7, 11) is 0. The summed E-state index contributed by atoms with van der Waals surface area (Å²) in [5.41, 5.74) is 0.760. The Bertz CT molecular complexity index is 1000. The average molecular weight is 423 g/mol. The number of amides is 2. The standard InChI is InChI=1S/C19H20F3N5O3/c1-3-10-7-15(19(20,21)22)27-16(24-10)12(8-23-27)18(29)25-11-4-5-14-13(6-11)26-17(28)9(2)30-14/h4-6,8-10,15,24H,3,7H2,1-2H3,(H,25,29)(H,26,28)/t9?,10-,15-/m0/s1. The van der Waals surface area contributed by atoms with E-state index in [2.05, 4.69) is 21.0 Å². The molecular weight excluding hydrogens is 403 g/mol. The molecule has 0 saturated carbocycles. The Labute approximate surface area is 169 Å². The van der Waals surface area contributed by atoms with Gasteiger partial charge in [-0.25, -0.2) is 4.68 Å². The normalized spacial score (nSPS) is 22.8. The molecule has 3 N–H and O–H groups in total. The predicted octanol–water partition coefficient (Wildman–Crippen LogP) is 3.55. The Morgan fingerprint density at radius 1 is 1.40 bits per heavy atom. The summed E-state index contributed by atoms with van der Waals surface area (Å²) < 4.78 is 46.7. The summed E-state index contributed by atoms with van der Waals surface area (Å²) in [5.74, 6) is -0.428. The molecule has 0 saturated heterocycles. The van der Waals surface area contributed by atoms with Crippen LogP contribution < -0.4 is 20.7 Å². The van der Waals surface area contributed by atoms with Crippen molar-refractivity contribution in [3.8, 4) is 5.75 Å². The zero-order chi connectivity index (χ0) is 21.6. The third-order valence-electron chi connectivity index (χ3n) is 5.22. The molecule has 1 aromatic heterocycles. The topological polar surface area (TPSA) is 97.3 Å². The van der Waals surface area contributed by atoms with Gasteiger partial charge in [-0.05, 0) is 38.0 Å². The Morgan fingerprint density at radius 2 is 2.17 bits per heavy atom. The summed E-state index contributed by atoms with van der Waals surface area (Å²) >= 11 is 0. The minimum Gasteiger partial charge on any atom is -0.479 e. The van der Waals surface area contributed by atoms with E-state index < -0.39 is 30.3 Å². The molecule has 0 fully saturated rings. The fourth-order valence-electron chi connectivity index (χ4n) is 3.56. The summed E-state index contributed by atoms with van der Waals surface area (Å²) in [6.07, 6.45) is -3.66. The maximum atomic E-state index is 13.5. The first-order valence-corrected chi connectivity index (χ1v) is 9.51. The predicted molar refractivity (Wildman–Crippen MR) is 103 cm³/mol. The highest BCUT2D eigenvalue weighted by atomic mass is 19.4. The molecule has 2 aromatic rings. The van der Waals surface area contributed by atoms with Crippen LogP contribution in [0.2, 0.25) is 0 Å². The van der Waals surface area contributed by atoms with Gasteiger partial charge in [0, 0.05) is 11.7 Å². The zero-order valence-electron chi connectivity index (χ0n) is 16.2. The maximum absolute atomic E-state index is 13.5. The molecule has 1 aromatic carbocycles. The van der Waals surface area contributed by atoms with Crippen LogP contribution in [-0.2, 0) is 4.79 Å². The van der Waals surface area contributed by atoms with Gasteiger partial charge in [0.05, 0.1) is 11.9 Å². The highest BCUT2D eigenvalue weighted by Crippen LogP contribution is 2.41. The van der Waals surface area contributed by atoms with E-state index in [9.17, 15) is 22.8 Å². The molecule has 2 aliphatic heterocycles. The Balaban J connectivity index is 1.59. The molecular formula is C19H20F3N5O3. The zero-order valence-corrected chi connectivity index (χ0v) is 16.2. The van der Waals surface area contributed by atoms with E-state index in [-0.39, 0.29) is 23.7 Å². The SMILES string of the molecule is CC[C@H]1C[C@@H](C(F)(F)F)n2ncc(C(=O)Nc3ccc4c(c3)NC(=O)C(C)O4)c2N1. The van der Waals surface area contributed by atoms with E-state index >= 15 is 0 Å². The van der Waals surface area contributed by atoms with Gasteiger partial charge in [-0.3, -0.25) is 9.59 Å². The van der Waals surface area contributed by atoms with Gasteiger partial charge < -0.3 is 20.7 Å². The number of carbonyl (C=O) groups excluding carboxylic acids is 2. The second-order valence-electron chi connectivity index (χ2n) is 7.31. The number of aromatic nitrogens is 2. The highest BCUT2D eigenvalue weighted by Gasteiger charge is 2.46. The van der Waals surface area contributed by atoms with E-state index in [1.807, 2.05) is 0 Å². The smallest absolute Gasteiger partial charge is 0.410 e. The molecule has 30 heavy (non-hydrogen) atoms. The number of ether oxygens (including phenoxy) is 1. The number of carbonyl (C=O) groups is 2. The van der Waals surface area contributed by atoms with Crippen molar-refractivity contribution in [2.24, 2.45) is 0 Å². The van der Waals surface area contributed by atoms with Crippen LogP contribution in [0.1, 0.15) is 43.1 Å². The van der Waals surface area contributed by atoms with E-state index in [1.54, 1.807) is 26.0 Å². The molecule has 0 bridgehead atoms. The fourth-order valence-corrected chi connectivity index (χ4v) is 3.56. The summed E-state index contributed by atoms with van der Waals surface area (Å²) in [6, 6.07) is 2.48. The first kappa shape index (κ1) is 20.0. The van der Waals surface area contributed by atoms with Crippen molar-refractivity contribution in [2.75, 3.05) is 16.0 Å². The number of rotatable bonds is 3. The molecule has 0 radical (unpaired) electrons. The largest absolute Gasteiger partial charge is 0.479 e. The first-order valence-electron chi connectivity index (χ1n) is 9.51. The van der Waals surface area contributed by atoms with Gasteiger partial charge in [-0.2, -0.15) is 18.3 Å². The molecule has 1 unspecified atom stereocenters. The number of nitrogens with zero attached hydrogens (tertiary/aromatic N) is 2. The van der Waals surface area contributed by atoms with Gasteiger partial charge in [0.25, 0.3) is 11.8 Å². The summed E-state index contributed by atoms with van der Waals surface area (Å²) in [4.78, 5) is 24.6. The van der Waals surface area contributed by atoms with Crippen molar-refractivity contribution < 1.29 is 27.5 Å². The van der Waals surface area contributed by atoms with Crippen molar-refractivity contribution in [1.29, 1.82) is 0 Å². The second kappa shape index (κ2) is 7.22. The van der Waals surface area contributed by atoms with Crippen LogP contribution in [0.3, 0.4) is 0 Å². The lowest BCUT2D eigenvalue weighted by molar-refractivity contribution is -0.173. The minimum atomic E-state index is -4.47. The average Bonchev–Trinajstić information content (AvgIpc) is 3.11. The molecule has 0 spiro atoms. The third kappa shape index (κ3) is 3.55. The number of fused-ring (bicyclic) bond motifs is 2. The number of halogens is 3. The van der Waals surface area contributed by atoms with Crippen LogP contribution >= 0.6 is 0 Å². The van der Waals surface area contributed by atoms with Crippen molar-refractivity contribution in [3.63, 3.8) is 0 Å². The monoisotopic (exact) mass is 423 g/mol. The van der Waals surface area contributed by atoms with Crippen molar-refractivity contribution in [2.45, 2.75) is 51.1 Å². The maximum Gasteiger partial charge on any atom is 0.410 e. The molecule has 3 atom stereocenters. The number of nitrogens with one attached hydrogen (secondary N) is 3. The van der Waals surface area contributed by atoms with Crippen LogP contribution in [0.25, 0.3) is 0 Å². The number of benzene rings is 1. The van der Waals surface area contributed by atoms with Crippen LogP contribution in [0, 0.1) is 0 Å². The van der Waals surface area contributed by atoms with Gasteiger partial charge in [0.1, 0.15) is 17.1 Å². The van der Waals surface area contributed by atoms with Crippen molar-refractivity contribution >= 4 is 29.0 Å². The van der Waals surface area contributed by atoms with Crippen LogP contribution in [-0.4, -0.2) is 39.9 Å². The molecule has 160 valence electrons. The van der Waals surface area contributed by atoms with Gasteiger partial charge >= 0.3 is 6.18 Å². The Morgan fingerprint density at radius 3 is 2.87 bits per heavy atom. The third-order valence-corrected chi connectivity index (χ3v) is 5.22. The first-order chi connectivity index (χ1) is 14.2. The lowest BCUT2D eigenvalue weighted by Crippen LogP contribution is -2.39. The van der Waals surface area contributed by atoms with E-state index in [0.717, 1.165) is 10.9 Å². The molecule has 2 amide bonds. The minimum absolute atomic E-state index is 0.00836. The summed E-state index contributed by atoms with van der Waals surface area (Å²) in [5, 5.41) is 12.1. The number of hydrogen-bond donors (Lipinski definition) is 3. The van der Waals surface area contributed by atoms with Gasteiger partial charge in [0.15, 0.2) is 12.1 Å². The molecule has 3 heterocycles. The number of alkyl halides is 3. The highest BCUT2D eigenvalue weighted by molar-refractivity contribution is 6.08. The fraction of sp³-hybridized carbons (Fsp3) is 0.421. The van der Waals surface area contributed by atoms with Gasteiger partial charge in [0.2, 0.25) is 0 Å².